The van der Waals surface area contributed by atoms with Crippen LogP contribution in [0.15, 0.2) is 9.15 Å². The third kappa shape index (κ3) is 4.39. The first kappa shape index (κ1) is 10.6. The maximum absolute atomic E-state index is 10.1. The summed E-state index contributed by atoms with van der Waals surface area (Å²) in [5.41, 5.74) is 0. The minimum atomic E-state index is -2.55. The smallest absolute Gasteiger partial charge is 0.232 e. The van der Waals surface area contributed by atoms with Crippen LogP contribution in [0.2, 0.25) is 0 Å². The van der Waals surface area contributed by atoms with Gasteiger partial charge in [-0.05, 0) is 31.9 Å². The summed E-state index contributed by atoms with van der Waals surface area (Å²) in [7, 11) is -2.55. The maximum Gasteiger partial charge on any atom is 0.747 e. The Balaban J connectivity index is 4.11. The fraction of sp³-hybridized carbons (Fsp3) is 0.500. The largest absolute Gasteiger partial charge is 0.747 e. The van der Waals surface area contributed by atoms with Gasteiger partial charge in [0.1, 0.15) is 3.39 Å². The van der Waals surface area contributed by atoms with Crippen LogP contribution in [0.3, 0.4) is 0 Å². The number of rotatable bonds is 3. The van der Waals surface area contributed by atoms with Gasteiger partial charge in [-0.2, -0.15) is 0 Å². The second kappa shape index (κ2) is 5.24. The van der Waals surface area contributed by atoms with Crippen molar-refractivity contribution >= 4 is 40.1 Å². The van der Waals surface area contributed by atoms with Gasteiger partial charge in [0.25, 0.3) is 0 Å². The molecule has 0 bridgehead atoms. The van der Waals surface area contributed by atoms with Crippen molar-refractivity contribution in [1.29, 1.82) is 0 Å². The van der Waals surface area contributed by atoms with Crippen LogP contribution in [0.25, 0.3) is 0 Å². The lowest BCUT2D eigenvalue weighted by Crippen LogP contribution is -1.81. The first-order chi connectivity index (χ1) is 4.57. The van der Waals surface area contributed by atoms with E-state index in [1.165, 1.54) is 0 Å². The fourth-order valence-corrected chi connectivity index (χ4v) is 1.71. The van der Waals surface area contributed by atoms with Crippen LogP contribution >= 0.6 is 40.1 Å². The molecule has 0 aromatic rings. The highest BCUT2D eigenvalue weighted by molar-refractivity contribution is 9.28. The molecule has 0 fully saturated rings. The number of allylic oxidation sites excluding steroid dienone is 1. The topological polar surface area (TPSA) is 46.5 Å². The molecule has 0 radical (unpaired) electrons. The molecule has 0 heterocycles. The highest BCUT2D eigenvalue weighted by atomic mass is 79.9. The van der Waals surface area contributed by atoms with Crippen molar-refractivity contribution in [3.8, 4) is 0 Å². The summed E-state index contributed by atoms with van der Waals surface area (Å²) >= 11 is 6.12. The molecule has 0 spiro atoms. The molecule has 1 atom stereocenters. The lowest BCUT2D eigenvalue weighted by molar-refractivity contribution is 0.344. The third-order valence-electron chi connectivity index (χ3n) is 0.720. The molecule has 6 heteroatoms. The van der Waals surface area contributed by atoms with Crippen molar-refractivity contribution in [2.75, 3.05) is 0 Å². The predicted molar refractivity (Wildman–Crippen MR) is 46.1 cm³/mol. The molecule has 10 heavy (non-hydrogen) atoms. The lowest BCUT2D eigenvalue weighted by atomic mass is 10.4. The van der Waals surface area contributed by atoms with Gasteiger partial charge in [0, 0.05) is 11.0 Å². The van der Waals surface area contributed by atoms with E-state index < -0.39 is 8.25 Å². The molecule has 58 valence electrons. The van der Waals surface area contributed by atoms with Crippen molar-refractivity contribution in [2.24, 2.45) is 0 Å². The molecule has 1 unspecified atom stereocenters. The molecule has 0 saturated carbocycles. The van der Waals surface area contributed by atoms with Gasteiger partial charge in [0.15, 0.2) is 5.76 Å². The SMILES string of the molecule is CCC(O[P+](=O)O)=C(Br)Br. The molecular weight excluding hydrogens is 287 g/mol. The van der Waals surface area contributed by atoms with Crippen LogP contribution in [-0.2, 0) is 9.09 Å². The summed E-state index contributed by atoms with van der Waals surface area (Å²) in [5.74, 6) is 0.434. The molecule has 0 aliphatic carbocycles. The van der Waals surface area contributed by atoms with Gasteiger partial charge in [-0.3, -0.25) is 0 Å². The summed E-state index contributed by atoms with van der Waals surface area (Å²) in [6.45, 7) is 1.82. The average Bonchev–Trinajstić information content (AvgIpc) is 1.81. The van der Waals surface area contributed by atoms with Crippen molar-refractivity contribution in [3.63, 3.8) is 0 Å². The predicted octanol–water partition coefficient (Wildman–Crippen LogP) is 3.02. The van der Waals surface area contributed by atoms with E-state index in [4.69, 9.17) is 4.89 Å². The van der Waals surface area contributed by atoms with Crippen LogP contribution in [-0.4, -0.2) is 4.89 Å². The van der Waals surface area contributed by atoms with E-state index in [-0.39, 0.29) is 0 Å². The Hall–Kier alpha value is 0.560. The Morgan fingerprint density at radius 1 is 1.70 bits per heavy atom. The van der Waals surface area contributed by atoms with E-state index in [0.29, 0.717) is 15.6 Å². The highest BCUT2D eigenvalue weighted by Crippen LogP contribution is 2.29. The molecule has 0 rings (SSSR count). The zero-order valence-corrected chi connectivity index (χ0v) is 9.24. The summed E-state index contributed by atoms with van der Waals surface area (Å²) in [6, 6.07) is 0. The quantitative estimate of drug-likeness (QED) is 0.642. The second-order valence-corrected chi connectivity index (χ2v) is 4.67. The van der Waals surface area contributed by atoms with E-state index in [2.05, 4.69) is 36.4 Å². The normalized spacial score (nSPS) is 10.6. The second-order valence-electron chi connectivity index (χ2n) is 1.37. The van der Waals surface area contributed by atoms with Crippen molar-refractivity contribution in [3.05, 3.63) is 9.15 Å². The summed E-state index contributed by atoms with van der Waals surface area (Å²) in [6.07, 6.45) is 0.563. The molecule has 0 aromatic carbocycles. The monoisotopic (exact) mass is 291 g/mol. The van der Waals surface area contributed by atoms with Gasteiger partial charge in [-0.15, -0.1) is 4.89 Å². The average molecular weight is 293 g/mol. The summed E-state index contributed by atoms with van der Waals surface area (Å²) < 4.78 is 15.2. The zero-order valence-electron chi connectivity index (χ0n) is 5.17. The molecule has 0 saturated heterocycles. The zero-order chi connectivity index (χ0) is 8.15. The van der Waals surface area contributed by atoms with E-state index in [1.807, 2.05) is 6.92 Å². The van der Waals surface area contributed by atoms with E-state index in [9.17, 15) is 4.57 Å². The fourth-order valence-electron chi connectivity index (χ4n) is 0.327. The number of halogens is 2. The van der Waals surface area contributed by atoms with Gasteiger partial charge in [0.2, 0.25) is 0 Å². The van der Waals surface area contributed by atoms with Gasteiger partial charge in [0.05, 0.1) is 0 Å². The first-order valence-corrected chi connectivity index (χ1v) is 5.17. The van der Waals surface area contributed by atoms with Crippen LogP contribution < -0.4 is 0 Å². The summed E-state index contributed by atoms with van der Waals surface area (Å²) in [4.78, 5) is 8.31. The van der Waals surface area contributed by atoms with Gasteiger partial charge < -0.3 is 0 Å². The Bertz CT molecular complexity index is 164. The Kier molecular flexibility index (Phi) is 5.54. The molecular formula is C4H6Br2O3P+. The minimum absolute atomic E-state index is 0.434. The van der Waals surface area contributed by atoms with Crippen molar-refractivity contribution in [2.45, 2.75) is 13.3 Å². The van der Waals surface area contributed by atoms with E-state index >= 15 is 0 Å². The minimum Gasteiger partial charge on any atom is -0.232 e. The van der Waals surface area contributed by atoms with E-state index in [0.717, 1.165) is 0 Å². The molecule has 0 aliphatic heterocycles. The molecule has 0 amide bonds. The van der Waals surface area contributed by atoms with Crippen LogP contribution in [0, 0.1) is 0 Å². The van der Waals surface area contributed by atoms with Gasteiger partial charge in [-0.25, -0.2) is 4.52 Å². The molecule has 0 aromatic heterocycles. The first-order valence-electron chi connectivity index (χ1n) is 2.46. The van der Waals surface area contributed by atoms with Crippen molar-refractivity contribution < 1.29 is 14.0 Å². The molecule has 1 N–H and O–H groups in total. The third-order valence-corrected chi connectivity index (χ3v) is 1.98. The molecule has 3 nitrogen and oxygen atoms in total. The number of hydrogen-bond donors (Lipinski definition) is 1. The Morgan fingerprint density at radius 3 is 2.30 bits per heavy atom. The molecule has 0 aliphatic rings. The lowest BCUT2D eigenvalue weighted by Gasteiger charge is -1.92. The van der Waals surface area contributed by atoms with Gasteiger partial charge >= 0.3 is 8.25 Å². The van der Waals surface area contributed by atoms with Crippen LogP contribution in [0.1, 0.15) is 13.3 Å². The van der Waals surface area contributed by atoms with Gasteiger partial charge in [-0.1, -0.05) is 6.92 Å². The van der Waals surface area contributed by atoms with E-state index in [1.54, 1.807) is 0 Å². The number of hydrogen-bond acceptors (Lipinski definition) is 2. The highest BCUT2D eigenvalue weighted by Gasteiger charge is 2.17. The van der Waals surface area contributed by atoms with Crippen molar-refractivity contribution in [1.82, 2.24) is 0 Å². The maximum atomic E-state index is 10.1. The Morgan fingerprint density at radius 2 is 2.20 bits per heavy atom. The van der Waals surface area contributed by atoms with Crippen LogP contribution in [0.4, 0.5) is 0 Å². The Labute approximate surface area is 76.7 Å². The van der Waals surface area contributed by atoms with Crippen LogP contribution in [0.5, 0.6) is 0 Å². The standard InChI is InChI=1S/C4H5Br2O3P/c1-2-3(4(5)6)9-10(7)8/h2H2,1H3/p+1. The summed E-state index contributed by atoms with van der Waals surface area (Å²) in [5, 5.41) is 0.